The Morgan fingerprint density at radius 1 is 1.03 bits per heavy atom. The normalized spacial score (nSPS) is 13.4. The molecule has 1 aliphatic rings. The number of hydrogen-bond donors (Lipinski definition) is 1. The Labute approximate surface area is 169 Å². The van der Waals surface area contributed by atoms with Gasteiger partial charge in [-0.1, -0.05) is 48.5 Å². The monoisotopic (exact) mass is 385 g/mol. The summed E-state index contributed by atoms with van der Waals surface area (Å²) in [6.07, 6.45) is 4.49. The molecule has 0 atom stereocenters. The summed E-state index contributed by atoms with van der Waals surface area (Å²) in [5, 5.41) is 3.37. The number of fused-ring (bicyclic) bond motifs is 2. The van der Waals surface area contributed by atoms with E-state index >= 15 is 0 Å². The average molecular weight is 385 g/mol. The molecule has 146 valence electrons. The number of H-pyrrole nitrogens is 1. The highest BCUT2D eigenvalue weighted by Crippen LogP contribution is 2.35. The maximum Gasteiger partial charge on any atom is 0.276 e. The molecular formula is C24H23N3O2. The average Bonchev–Trinajstić information content (AvgIpc) is 3.12. The Morgan fingerprint density at radius 3 is 2.62 bits per heavy atom. The standard InChI is InChI=1S/C24H23N3O2/c1-29-21-14-8-6-12-18(21)22-20(15-16-9-3-2-4-10-16)26-27-23(22)25-19-13-7-5-11-17(19)24(27)28/h2-4,6,8-10,12,14,26H,5,7,11,13,15H2,1H3. The van der Waals surface area contributed by atoms with Gasteiger partial charge in [-0.2, -0.15) is 0 Å². The van der Waals surface area contributed by atoms with Crippen LogP contribution in [-0.4, -0.2) is 21.7 Å². The summed E-state index contributed by atoms with van der Waals surface area (Å²) in [7, 11) is 1.67. The SMILES string of the molecule is COc1ccccc1-c1c(Cc2ccccc2)[nH]n2c(=O)c3c(nc12)CCCC3. The molecule has 5 nitrogen and oxygen atoms in total. The molecule has 0 bridgehead atoms. The number of nitrogens with zero attached hydrogens (tertiary/aromatic N) is 2. The van der Waals surface area contributed by atoms with Crippen molar-refractivity contribution < 1.29 is 4.74 Å². The van der Waals surface area contributed by atoms with Crippen LogP contribution in [0.3, 0.4) is 0 Å². The van der Waals surface area contributed by atoms with Crippen molar-refractivity contribution in [1.82, 2.24) is 14.6 Å². The highest BCUT2D eigenvalue weighted by atomic mass is 16.5. The smallest absolute Gasteiger partial charge is 0.276 e. The summed E-state index contributed by atoms with van der Waals surface area (Å²) >= 11 is 0. The van der Waals surface area contributed by atoms with Crippen molar-refractivity contribution in [2.45, 2.75) is 32.1 Å². The summed E-state index contributed by atoms with van der Waals surface area (Å²) in [4.78, 5) is 18.2. The molecule has 29 heavy (non-hydrogen) atoms. The fourth-order valence-corrected chi connectivity index (χ4v) is 4.31. The van der Waals surface area contributed by atoms with E-state index in [9.17, 15) is 4.79 Å². The second kappa shape index (κ2) is 7.24. The molecule has 2 aromatic heterocycles. The van der Waals surface area contributed by atoms with Gasteiger partial charge in [0.15, 0.2) is 5.65 Å². The minimum Gasteiger partial charge on any atom is -0.496 e. The van der Waals surface area contributed by atoms with E-state index < -0.39 is 0 Å². The Balaban J connectivity index is 1.80. The molecule has 1 N–H and O–H groups in total. The second-order valence-electron chi connectivity index (χ2n) is 7.54. The van der Waals surface area contributed by atoms with Gasteiger partial charge in [-0.25, -0.2) is 9.50 Å². The first kappa shape index (κ1) is 17.7. The number of aryl methyl sites for hydroxylation is 1. The molecule has 4 aromatic rings. The fraction of sp³-hybridized carbons (Fsp3) is 0.250. The number of nitrogens with one attached hydrogen (secondary N) is 1. The van der Waals surface area contributed by atoms with E-state index in [0.29, 0.717) is 12.1 Å². The van der Waals surface area contributed by atoms with Gasteiger partial charge in [0, 0.05) is 23.2 Å². The fourth-order valence-electron chi connectivity index (χ4n) is 4.31. The van der Waals surface area contributed by atoms with Gasteiger partial charge in [-0.05, 0) is 37.3 Å². The number of hydrogen-bond acceptors (Lipinski definition) is 3. The van der Waals surface area contributed by atoms with Gasteiger partial charge in [0.1, 0.15) is 5.75 Å². The third kappa shape index (κ3) is 3.03. The van der Waals surface area contributed by atoms with Crippen LogP contribution in [0.2, 0.25) is 0 Å². The molecular weight excluding hydrogens is 362 g/mol. The first-order valence-electron chi connectivity index (χ1n) is 10.1. The van der Waals surface area contributed by atoms with Crippen molar-refractivity contribution in [2.24, 2.45) is 0 Å². The van der Waals surface area contributed by atoms with Crippen molar-refractivity contribution in [1.29, 1.82) is 0 Å². The Hall–Kier alpha value is -3.34. The third-order valence-electron chi connectivity index (χ3n) is 5.72. The van der Waals surface area contributed by atoms with Crippen LogP contribution in [0.15, 0.2) is 59.4 Å². The molecule has 0 unspecified atom stereocenters. The zero-order valence-corrected chi connectivity index (χ0v) is 16.4. The lowest BCUT2D eigenvalue weighted by molar-refractivity contribution is 0.416. The number of aromatic amines is 1. The predicted octanol–water partition coefficient (Wildman–Crippen LogP) is 4.17. The molecule has 2 heterocycles. The van der Waals surface area contributed by atoms with E-state index in [-0.39, 0.29) is 5.56 Å². The Kier molecular flexibility index (Phi) is 4.43. The summed E-state index contributed by atoms with van der Waals surface area (Å²) in [6.45, 7) is 0. The first-order chi connectivity index (χ1) is 14.3. The van der Waals surface area contributed by atoms with Gasteiger partial charge in [-0.3, -0.25) is 9.89 Å². The Morgan fingerprint density at radius 2 is 1.79 bits per heavy atom. The number of rotatable bonds is 4. The van der Waals surface area contributed by atoms with Crippen LogP contribution in [-0.2, 0) is 19.3 Å². The summed E-state index contributed by atoms with van der Waals surface area (Å²) in [6, 6.07) is 18.2. The molecule has 0 saturated heterocycles. The van der Waals surface area contributed by atoms with Gasteiger partial charge < -0.3 is 4.74 Å². The van der Waals surface area contributed by atoms with Crippen LogP contribution < -0.4 is 10.3 Å². The number of methoxy groups -OCH3 is 1. The van der Waals surface area contributed by atoms with Crippen LogP contribution in [0.4, 0.5) is 0 Å². The molecule has 0 radical (unpaired) electrons. The molecule has 0 amide bonds. The zero-order chi connectivity index (χ0) is 19.8. The summed E-state index contributed by atoms with van der Waals surface area (Å²) in [5.74, 6) is 0.773. The zero-order valence-electron chi connectivity index (χ0n) is 16.4. The molecule has 5 heteroatoms. The number of benzene rings is 2. The van der Waals surface area contributed by atoms with Crippen molar-refractivity contribution in [3.8, 4) is 16.9 Å². The van der Waals surface area contributed by atoms with Gasteiger partial charge in [0.05, 0.1) is 18.4 Å². The topological polar surface area (TPSA) is 59.4 Å². The molecule has 5 rings (SSSR count). The highest BCUT2D eigenvalue weighted by molar-refractivity contribution is 5.84. The van der Waals surface area contributed by atoms with Gasteiger partial charge in [0.2, 0.25) is 0 Å². The minimum atomic E-state index is 0.0279. The summed E-state index contributed by atoms with van der Waals surface area (Å²) < 4.78 is 7.27. The number of ether oxygens (including phenoxy) is 1. The number of para-hydroxylation sites is 1. The predicted molar refractivity (Wildman–Crippen MR) is 114 cm³/mol. The van der Waals surface area contributed by atoms with E-state index in [1.165, 1.54) is 5.56 Å². The van der Waals surface area contributed by atoms with Crippen molar-refractivity contribution in [2.75, 3.05) is 7.11 Å². The van der Waals surface area contributed by atoms with E-state index in [1.54, 1.807) is 11.6 Å². The van der Waals surface area contributed by atoms with E-state index in [2.05, 4.69) is 17.2 Å². The van der Waals surface area contributed by atoms with Crippen LogP contribution in [0.25, 0.3) is 16.8 Å². The van der Waals surface area contributed by atoms with Gasteiger partial charge in [0.25, 0.3) is 5.56 Å². The second-order valence-corrected chi connectivity index (χ2v) is 7.54. The van der Waals surface area contributed by atoms with Crippen LogP contribution in [0.1, 0.15) is 35.4 Å². The number of aromatic nitrogens is 3. The van der Waals surface area contributed by atoms with Crippen molar-refractivity contribution >= 4 is 5.65 Å². The Bertz CT molecular complexity index is 1240. The van der Waals surface area contributed by atoms with Crippen molar-refractivity contribution in [3.63, 3.8) is 0 Å². The van der Waals surface area contributed by atoms with Gasteiger partial charge in [-0.15, -0.1) is 0 Å². The lowest BCUT2D eigenvalue weighted by atomic mass is 9.96. The molecule has 0 saturated carbocycles. The molecule has 2 aromatic carbocycles. The highest BCUT2D eigenvalue weighted by Gasteiger charge is 2.23. The van der Waals surface area contributed by atoms with Crippen molar-refractivity contribution in [3.05, 3.63) is 87.5 Å². The largest absolute Gasteiger partial charge is 0.496 e. The maximum atomic E-state index is 13.2. The van der Waals surface area contributed by atoms with Gasteiger partial charge >= 0.3 is 0 Å². The molecule has 0 spiro atoms. The maximum absolute atomic E-state index is 13.2. The van der Waals surface area contributed by atoms with Crippen LogP contribution in [0.5, 0.6) is 5.75 Å². The van der Waals surface area contributed by atoms with Crippen LogP contribution >= 0.6 is 0 Å². The minimum absolute atomic E-state index is 0.0279. The summed E-state index contributed by atoms with van der Waals surface area (Å²) in [5.41, 5.74) is 6.54. The molecule has 1 aliphatic carbocycles. The first-order valence-corrected chi connectivity index (χ1v) is 10.1. The van der Waals surface area contributed by atoms with Crippen LogP contribution in [0, 0.1) is 0 Å². The lowest BCUT2D eigenvalue weighted by Crippen LogP contribution is -2.25. The molecule has 0 aliphatic heterocycles. The molecule has 0 fully saturated rings. The van der Waals surface area contributed by atoms with E-state index in [4.69, 9.17) is 9.72 Å². The third-order valence-corrected chi connectivity index (χ3v) is 5.72. The van der Waals surface area contributed by atoms with E-state index in [1.807, 2.05) is 42.5 Å². The lowest BCUT2D eigenvalue weighted by Gasteiger charge is -2.14. The quantitative estimate of drug-likeness (QED) is 0.574. The van der Waals surface area contributed by atoms with E-state index in [0.717, 1.165) is 59.5 Å².